The van der Waals surface area contributed by atoms with E-state index in [2.05, 4.69) is 10.6 Å². The fourth-order valence-electron chi connectivity index (χ4n) is 1.49. The van der Waals surface area contributed by atoms with Crippen LogP contribution in [0.25, 0.3) is 0 Å². The van der Waals surface area contributed by atoms with Crippen LogP contribution in [-0.4, -0.2) is 36.1 Å². The van der Waals surface area contributed by atoms with E-state index in [0.717, 1.165) is 25.8 Å². The van der Waals surface area contributed by atoms with Crippen LogP contribution < -0.4 is 10.6 Å². The first-order valence-electron chi connectivity index (χ1n) is 4.93. The van der Waals surface area contributed by atoms with Crippen LogP contribution in [-0.2, 0) is 9.59 Å². The molecule has 1 aliphatic heterocycles. The number of rotatable bonds is 4. The van der Waals surface area contributed by atoms with Crippen LogP contribution in [0.1, 0.15) is 25.7 Å². The van der Waals surface area contributed by atoms with E-state index < -0.39 is 5.97 Å². The number of amides is 1. The topological polar surface area (TPSA) is 78.4 Å². The molecule has 0 aromatic heterocycles. The van der Waals surface area contributed by atoms with Gasteiger partial charge in [0.25, 0.3) is 0 Å². The van der Waals surface area contributed by atoms with Gasteiger partial charge in [0.05, 0.1) is 12.5 Å². The Labute approximate surface area is 82.9 Å². The Morgan fingerprint density at radius 1 is 1.43 bits per heavy atom. The summed E-state index contributed by atoms with van der Waals surface area (Å²) in [4.78, 5) is 21.6. The number of hydrogen-bond acceptors (Lipinski definition) is 3. The monoisotopic (exact) mass is 200 g/mol. The molecule has 1 heterocycles. The Kier molecular flexibility index (Phi) is 4.39. The predicted octanol–water partition coefficient (Wildman–Crippen LogP) is -0.281. The summed E-state index contributed by atoms with van der Waals surface area (Å²) in [6.07, 6.45) is 3.00. The summed E-state index contributed by atoms with van der Waals surface area (Å²) in [6, 6.07) is -0.127. The first-order chi connectivity index (χ1) is 6.70. The molecule has 1 fully saturated rings. The molecule has 0 saturated carbocycles. The van der Waals surface area contributed by atoms with E-state index in [1.54, 1.807) is 0 Å². The standard InChI is InChI=1S/C9H16N2O3/c12-8(13)4-6-11-9(14)7-3-1-2-5-10-7/h7,10H,1-6H2,(H,11,14)(H,12,13)/t7-/m0/s1. The van der Waals surface area contributed by atoms with E-state index >= 15 is 0 Å². The van der Waals surface area contributed by atoms with Crippen molar-refractivity contribution in [3.8, 4) is 0 Å². The quantitative estimate of drug-likeness (QED) is 0.583. The van der Waals surface area contributed by atoms with Gasteiger partial charge in [-0.05, 0) is 19.4 Å². The number of carbonyl (C=O) groups is 2. The molecule has 1 rings (SSSR count). The van der Waals surface area contributed by atoms with Gasteiger partial charge in [0.15, 0.2) is 0 Å². The van der Waals surface area contributed by atoms with E-state index in [4.69, 9.17) is 5.11 Å². The van der Waals surface area contributed by atoms with Crippen LogP contribution in [0.4, 0.5) is 0 Å². The van der Waals surface area contributed by atoms with E-state index in [9.17, 15) is 9.59 Å². The summed E-state index contributed by atoms with van der Waals surface area (Å²) < 4.78 is 0. The normalized spacial score (nSPS) is 21.6. The second kappa shape index (κ2) is 5.59. The van der Waals surface area contributed by atoms with Crippen molar-refractivity contribution in [2.45, 2.75) is 31.7 Å². The minimum atomic E-state index is -0.887. The molecule has 0 spiro atoms. The molecular formula is C9H16N2O3. The Balaban J connectivity index is 2.16. The molecule has 1 atom stereocenters. The van der Waals surface area contributed by atoms with E-state index in [1.165, 1.54) is 0 Å². The van der Waals surface area contributed by atoms with Gasteiger partial charge in [-0.15, -0.1) is 0 Å². The molecule has 0 radical (unpaired) electrons. The Morgan fingerprint density at radius 2 is 2.21 bits per heavy atom. The summed E-state index contributed by atoms with van der Waals surface area (Å²) in [5, 5.41) is 14.1. The van der Waals surface area contributed by atoms with Crippen LogP contribution >= 0.6 is 0 Å². The maximum Gasteiger partial charge on any atom is 0.305 e. The summed E-state index contributed by atoms with van der Waals surface area (Å²) in [5.41, 5.74) is 0. The molecule has 3 N–H and O–H groups in total. The zero-order valence-electron chi connectivity index (χ0n) is 8.08. The van der Waals surface area contributed by atoms with Crippen LogP contribution in [0.2, 0.25) is 0 Å². The predicted molar refractivity (Wildman–Crippen MR) is 50.9 cm³/mol. The lowest BCUT2D eigenvalue weighted by atomic mass is 10.0. The Hall–Kier alpha value is -1.10. The van der Waals surface area contributed by atoms with Gasteiger partial charge in [-0.1, -0.05) is 6.42 Å². The number of carbonyl (C=O) groups excluding carboxylic acids is 1. The SMILES string of the molecule is O=C(O)CCNC(=O)[C@@H]1CCCCN1. The van der Waals surface area contributed by atoms with E-state index in [-0.39, 0.29) is 24.9 Å². The maximum atomic E-state index is 11.4. The van der Waals surface area contributed by atoms with Crippen LogP contribution in [0.5, 0.6) is 0 Å². The summed E-state index contributed by atoms with van der Waals surface area (Å²) >= 11 is 0. The van der Waals surface area contributed by atoms with Crippen molar-refractivity contribution in [3.63, 3.8) is 0 Å². The maximum absolute atomic E-state index is 11.4. The molecule has 0 bridgehead atoms. The molecule has 5 nitrogen and oxygen atoms in total. The van der Waals surface area contributed by atoms with E-state index in [1.807, 2.05) is 0 Å². The number of carboxylic acid groups (broad SMARTS) is 1. The van der Waals surface area contributed by atoms with Crippen molar-refractivity contribution in [2.75, 3.05) is 13.1 Å². The third kappa shape index (κ3) is 3.74. The second-order valence-electron chi connectivity index (χ2n) is 3.44. The summed E-state index contributed by atoms with van der Waals surface area (Å²) in [6.45, 7) is 1.09. The first kappa shape index (κ1) is 11.0. The smallest absolute Gasteiger partial charge is 0.305 e. The summed E-state index contributed by atoms with van der Waals surface area (Å²) in [7, 11) is 0. The molecule has 14 heavy (non-hydrogen) atoms. The lowest BCUT2D eigenvalue weighted by Crippen LogP contribution is -2.46. The highest BCUT2D eigenvalue weighted by Crippen LogP contribution is 2.06. The van der Waals surface area contributed by atoms with Gasteiger partial charge in [0, 0.05) is 6.54 Å². The van der Waals surface area contributed by atoms with Crippen LogP contribution in [0.3, 0.4) is 0 Å². The molecule has 1 saturated heterocycles. The Bertz CT molecular complexity index is 212. The van der Waals surface area contributed by atoms with Gasteiger partial charge >= 0.3 is 5.97 Å². The zero-order chi connectivity index (χ0) is 10.4. The number of carboxylic acids is 1. The van der Waals surface area contributed by atoms with Crippen molar-refractivity contribution < 1.29 is 14.7 Å². The van der Waals surface area contributed by atoms with Crippen molar-refractivity contribution in [3.05, 3.63) is 0 Å². The number of aliphatic carboxylic acids is 1. The Morgan fingerprint density at radius 3 is 2.79 bits per heavy atom. The van der Waals surface area contributed by atoms with Gasteiger partial charge in [-0.25, -0.2) is 0 Å². The number of nitrogens with one attached hydrogen (secondary N) is 2. The lowest BCUT2D eigenvalue weighted by Gasteiger charge is -2.22. The highest BCUT2D eigenvalue weighted by molar-refractivity contribution is 5.82. The van der Waals surface area contributed by atoms with Crippen molar-refractivity contribution in [1.29, 1.82) is 0 Å². The van der Waals surface area contributed by atoms with Crippen LogP contribution in [0, 0.1) is 0 Å². The van der Waals surface area contributed by atoms with Crippen molar-refractivity contribution in [1.82, 2.24) is 10.6 Å². The average molecular weight is 200 g/mol. The molecule has 0 unspecified atom stereocenters. The molecule has 1 amide bonds. The minimum Gasteiger partial charge on any atom is -0.481 e. The third-order valence-corrected chi connectivity index (χ3v) is 2.26. The molecule has 0 aromatic carbocycles. The number of piperidine rings is 1. The average Bonchev–Trinajstić information content (AvgIpc) is 2.18. The molecule has 0 aromatic rings. The minimum absolute atomic E-state index is 0.0154. The fraction of sp³-hybridized carbons (Fsp3) is 0.778. The lowest BCUT2D eigenvalue weighted by molar-refractivity contribution is -0.137. The second-order valence-corrected chi connectivity index (χ2v) is 3.44. The van der Waals surface area contributed by atoms with Crippen molar-refractivity contribution >= 4 is 11.9 Å². The van der Waals surface area contributed by atoms with Gasteiger partial charge in [0.2, 0.25) is 5.91 Å². The van der Waals surface area contributed by atoms with Gasteiger partial charge in [-0.3, -0.25) is 9.59 Å². The molecule has 80 valence electrons. The van der Waals surface area contributed by atoms with Crippen molar-refractivity contribution in [2.24, 2.45) is 0 Å². The summed E-state index contributed by atoms with van der Waals surface area (Å²) in [5.74, 6) is -0.965. The highest BCUT2D eigenvalue weighted by Gasteiger charge is 2.19. The van der Waals surface area contributed by atoms with Crippen LogP contribution in [0.15, 0.2) is 0 Å². The molecule has 0 aliphatic carbocycles. The zero-order valence-corrected chi connectivity index (χ0v) is 8.08. The molecular weight excluding hydrogens is 184 g/mol. The fourth-order valence-corrected chi connectivity index (χ4v) is 1.49. The molecule has 1 aliphatic rings. The van der Waals surface area contributed by atoms with Gasteiger partial charge in [0.1, 0.15) is 0 Å². The number of hydrogen-bond donors (Lipinski definition) is 3. The first-order valence-corrected chi connectivity index (χ1v) is 4.93. The van der Waals surface area contributed by atoms with E-state index in [0.29, 0.717) is 0 Å². The highest BCUT2D eigenvalue weighted by atomic mass is 16.4. The van der Waals surface area contributed by atoms with Gasteiger partial charge in [-0.2, -0.15) is 0 Å². The largest absolute Gasteiger partial charge is 0.481 e. The molecule has 5 heteroatoms. The van der Waals surface area contributed by atoms with Gasteiger partial charge < -0.3 is 15.7 Å². The third-order valence-electron chi connectivity index (χ3n) is 2.26.